The van der Waals surface area contributed by atoms with Crippen molar-refractivity contribution in [3.63, 3.8) is 0 Å². The van der Waals surface area contributed by atoms with E-state index in [0.717, 1.165) is 12.8 Å². The Balaban J connectivity index is 2.40. The van der Waals surface area contributed by atoms with Crippen molar-refractivity contribution in [3.05, 3.63) is 0 Å². The van der Waals surface area contributed by atoms with Gasteiger partial charge in [0.2, 0.25) is 0 Å². The molecule has 1 rings (SSSR count). The molecule has 1 aliphatic rings. The zero-order valence-corrected chi connectivity index (χ0v) is 10.8. The lowest BCUT2D eigenvalue weighted by molar-refractivity contribution is -0.153. The van der Waals surface area contributed by atoms with Gasteiger partial charge in [0.1, 0.15) is 0 Å². The summed E-state index contributed by atoms with van der Waals surface area (Å²) in [5.41, 5.74) is -0.992. The van der Waals surface area contributed by atoms with Crippen LogP contribution in [0.1, 0.15) is 46.5 Å². The van der Waals surface area contributed by atoms with Gasteiger partial charge in [0.25, 0.3) is 0 Å². The van der Waals surface area contributed by atoms with E-state index in [1.54, 1.807) is 0 Å². The monoisotopic (exact) mass is 242 g/mol. The van der Waals surface area contributed by atoms with Crippen molar-refractivity contribution in [2.45, 2.75) is 52.0 Å². The van der Waals surface area contributed by atoms with Gasteiger partial charge in [-0.05, 0) is 33.1 Å². The van der Waals surface area contributed by atoms with E-state index in [2.05, 4.69) is 10.6 Å². The van der Waals surface area contributed by atoms with Gasteiger partial charge in [-0.25, -0.2) is 4.79 Å². The van der Waals surface area contributed by atoms with Gasteiger partial charge in [-0.3, -0.25) is 4.79 Å². The highest BCUT2D eigenvalue weighted by molar-refractivity contribution is 5.79. The molecule has 1 saturated carbocycles. The van der Waals surface area contributed by atoms with Crippen LogP contribution in [0.3, 0.4) is 0 Å². The molecule has 0 aliphatic heterocycles. The Bertz CT molecular complexity index is 309. The van der Waals surface area contributed by atoms with Crippen LogP contribution in [0.5, 0.6) is 0 Å². The zero-order valence-electron chi connectivity index (χ0n) is 10.8. The second-order valence-electron chi connectivity index (χ2n) is 5.48. The highest BCUT2D eigenvalue weighted by atomic mass is 16.4. The Kier molecular flexibility index (Phi) is 4.01. The fourth-order valence-electron chi connectivity index (χ4n) is 1.76. The summed E-state index contributed by atoms with van der Waals surface area (Å²) in [5.74, 6) is -0.807. The molecular weight excluding hydrogens is 220 g/mol. The van der Waals surface area contributed by atoms with E-state index in [1.807, 2.05) is 20.8 Å². The average molecular weight is 242 g/mol. The Labute approximate surface area is 102 Å². The van der Waals surface area contributed by atoms with Gasteiger partial charge in [0, 0.05) is 12.1 Å². The third-order valence-corrected chi connectivity index (χ3v) is 3.69. The van der Waals surface area contributed by atoms with Crippen LogP contribution >= 0.6 is 0 Å². The van der Waals surface area contributed by atoms with E-state index in [4.69, 9.17) is 5.11 Å². The number of amides is 2. The fourth-order valence-corrected chi connectivity index (χ4v) is 1.76. The van der Waals surface area contributed by atoms with Gasteiger partial charge in [0.05, 0.1) is 5.41 Å². The average Bonchev–Trinajstić information content (AvgIpc) is 2.14. The predicted octanol–water partition coefficient (Wildman–Crippen LogP) is 1.73. The number of nitrogens with one attached hydrogen (secondary N) is 2. The van der Waals surface area contributed by atoms with E-state index in [0.29, 0.717) is 12.8 Å². The van der Waals surface area contributed by atoms with E-state index < -0.39 is 11.4 Å². The molecule has 0 aromatic heterocycles. The number of hydrogen-bond acceptors (Lipinski definition) is 2. The molecule has 0 aromatic rings. The summed E-state index contributed by atoms with van der Waals surface area (Å²) in [4.78, 5) is 22.7. The topological polar surface area (TPSA) is 78.4 Å². The van der Waals surface area contributed by atoms with Gasteiger partial charge in [0.15, 0.2) is 0 Å². The Hall–Kier alpha value is -1.26. The standard InChI is InChI=1S/C12H22N2O3/c1-4-11(2,3)14-10(17)13-8-12(9(15)16)6-5-7-12/h4-8H2,1-3H3,(H,15,16)(H2,13,14,17). The largest absolute Gasteiger partial charge is 0.481 e. The molecule has 0 atom stereocenters. The Morgan fingerprint density at radius 1 is 1.35 bits per heavy atom. The summed E-state index contributed by atoms with van der Waals surface area (Å²) >= 11 is 0. The van der Waals surface area contributed by atoms with Crippen molar-refractivity contribution < 1.29 is 14.7 Å². The van der Waals surface area contributed by atoms with Crippen molar-refractivity contribution in [2.24, 2.45) is 5.41 Å². The van der Waals surface area contributed by atoms with Crippen molar-refractivity contribution in [1.29, 1.82) is 0 Å². The Morgan fingerprint density at radius 2 is 1.94 bits per heavy atom. The van der Waals surface area contributed by atoms with Crippen LogP contribution in [0.4, 0.5) is 4.79 Å². The molecule has 98 valence electrons. The molecule has 0 unspecified atom stereocenters. The third kappa shape index (κ3) is 3.35. The Morgan fingerprint density at radius 3 is 2.29 bits per heavy atom. The number of rotatable bonds is 5. The van der Waals surface area contributed by atoms with Crippen molar-refractivity contribution in [1.82, 2.24) is 10.6 Å². The van der Waals surface area contributed by atoms with E-state index in [1.165, 1.54) is 0 Å². The van der Waals surface area contributed by atoms with Gasteiger partial charge in [-0.15, -0.1) is 0 Å². The summed E-state index contributed by atoms with van der Waals surface area (Å²) in [6, 6.07) is -0.288. The van der Waals surface area contributed by atoms with Crippen LogP contribution in [-0.2, 0) is 4.79 Å². The van der Waals surface area contributed by atoms with Crippen LogP contribution < -0.4 is 10.6 Å². The fraction of sp³-hybridized carbons (Fsp3) is 0.833. The van der Waals surface area contributed by atoms with Crippen LogP contribution in [0.15, 0.2) is 0 Å². The second-order valence-corrected chi connectivity index (χ2v) is 5.48. The predicted molar refractivity (Wildman–Crippen MR) is 64.8 cm³/mol. The maximum atomic E-state index is 11.6. The third-order valence-electron chi connectivity index (χ3n) is 3.69. The summed E-state index contributed by atoms with van der Waals surface area (Å²) in [5, 5.41) is 14.6. The molecule has 1 fully saturated rings. The smallest absolute Gasteiger partial charge is 0.315 e. The second kappa shape index (κ2) is 4.94. The number of carbonyl (C=O) groups excluding carboxylic acids is 1. The minimum absolute atomic E-state index is 0.216. The number of carbonyl (C=O) groups is 2. The summed E-state index contributed by atoms with van der Waals surface area (Å²) in [6.45, 7) is 6.07. The first-order valence-electron chi connectivity index (χ1n) is 6.11. The SMILES string of the molecule is CCC(C)(C)NC(=O)NCC1(C(=O)O)CCC1. The lowest BCUT2D eigenvalue weighted by Gasteiger charge is -2.38. The van der Waals surface area contributed by atoms with Crippen molar-refractivity contribution >= 4 is 12.0 Å². The first kappa shape index (κ1) is 13.8. The molecule has 5 heteroatoms. The maximum Gasteiger partial charge on any atom is 0.315 e. The van der Waals surface area contributed by atoms with Gasteiger partial charge in [-0.2, -0.15) is 0 Å². The van der Waals surface area contributed by atoms with Gasteiger partial charge in [-0.1, -0.05) is 13.3 Å². The minimum atomic E-state index is -0.807. The molecule has 17 heavy (non-hydrogen) atoms. The molecule has 3 N–H and O–H groups in total. The van der Waals surface area contributed by atoms with E-state index >= 15 is 0 Å². The van der Waals surface area contributed by atoms with Crippen molar-refractivity contribution in [3.8, 4) is 0 Å². The quantitative estimate of drug-likeness (QED) is 0.687. The van der Waals surface area contributed by atoms with Crippen LogP contribution in [-0.4, -0.2) is 29.2 Å². The lowest BCUT2D eigenvalue weighted by Crippen LogP contribution is -2.53. The summed E-state index contributed by atoms with van der Waals surface area (Å²) in [6.07, 6.45) is 3.06. The molecule has 0 aromatic carbocycles. The van der Waals surface area contributed by atoms with Crippen LogP contribution in [0.2, 0.25) is 0 Å². The number of carboxylic acid groups (broad SMARTS) is 1. The first-order chi connectivity index (χ1) is 7.81. The summed E-state index contributed by atoms with van der Waals surface area (Å²) in [7, 11) is 0. The number of urea groups is 1. The lowest BCUT2D eigenvalue weighted by atomic mass is 9.69. The number of hydrogen-bond donors (Lipinski definition) is 3. The zero-order chi connectivity index (χ0) is 13.1. The summed E-state index contributed by atoms with van der Waals surface area (Å²) < 4.78 is 0. The molecule has 1 aliphatic carbocycles. The molecule has 0 heterocycles. The number of aliphatic carboxylic acids is 1. The van der Waals surface area contributed by atoms with Gasteiger partial charge < -0.3 is 15.7 Å². The molecular formula is C12H22N2O3. The van der Waals surface area contributed by atoms with Crippen LogP contribution in [0, 0.1) is 5.41 Å². The minimum Gasteiger partial charge on any atom is -0.481 e. The van der Waals surface area contributed by atoms with E-state index in [-0.39, 0.29) is 18.1 Å². The molecule has 0 bridgehead atoms. The van der Waals surface area contributed by atoms with Crippen LogP contribution in [0.25, 0.3) is 0 Å². The molecule has 0 radical (unpaired) electrons. The molecule has 5 nitrogen and oxygen atoms in total. The molecule has 0 spiro atoms. The molecule has 2 amide bonds. The highest BCUT2D eigenvalue weighted by Gasteiger charge is 2.44. The van der Waals surface area contributed by atoms with Crippen molar-refractivity contribution in [2.75, 3.05) is 6.54 Å². The normalized spacial score (nSPS) is 18.1. The molecule has 0 saturated heterocycles. The first-order valence-corrected chi connectivity index (χ1v) is 6.11. The highest BCUT2D eigenvalue weighted by Crippen LogP contribution is 2.40. The maximum absolute atomic E-state index is 11.6. The number of carboxylic acids is 1. The van der Waals surface area contributed by atoms with E-state index in [9.17, 15) is 9.59 Å². The van der Waals surface area contributed by atoms with Gasteiger partial charge >= 0.3 is 12.0 Å².